The van der Waals surface area contributed by atoms with Gasteiger partial charge in [0, 0.05) is 18.2 Å². The molecule has 0 saturated heterocycles. The molecule has 1 atom stereocenters. The molecular weight excluding hydrogens is 420 g/mol. The number of hydrogen-bond donors (Lipinski definition) is 2. The summed E-state index contributed by atoms with van der Waals surface area (Å²) in [5, 5.41) is 22.2. The number of nitrogens with zero attached hydrogens (tertiary/aromatic N) is 2. The second kappa shape index (κ2) is 11.0. The van der Waals surface area contributed by atoms with Crippen LogP contribution in [0.1, 0.15) is 83.1 Å². The maximum Gasteiger partial charge on any atom is 0.265 e. The smallest absolute Gasteiger partial charge is 0.265 e. The van der Waals surface area contributed by atoms with E-state index in [-0.39, 0.29) is 22.3 Å². The van der Waals surface area contributed by atoms with Crippen LogP contribution in [-0.2, 0) is 10.0 Å². The molecule has 1 aliphatic carbocycles. The molecule has 1 aromatic carbocycles. The van der Waals surface area contributed by atoms with Crippen LogP contribution in [0.2, 0.25) is 0 Å². The number of unbranched alkanes of at least 4 members (excludes halogenated alkanes) is 3. The van der Waals surface area contributed by atoms with Crippen molar-refractivity contribution in [2.24, 2.45) is 0 Å². The predicted molar refractivity (Wildman–Crippen MR) is 128 cm³/mol. The van der Waals surface area contributed by atoms with Gasteiger partial charge >= 0.3 is 0 Å². The molecule has 1 fully saturated rings. The Morgan fingerprint density at radius 3 is 2.44 bits per heavy atom. The zero-order valence-corrected chi connectivity index (χ0v) is 20.2. The minimum atomic E-state index is -3.92. The summed E-state index contributed by atoms with van der Waals surface area (Å²) in [6, 6.07) is 8.82. The maximum atomic E-state index is 13.6. The van der Waals surface area contributed by atoms with Crippen LogP contribution in [0.15, 0.2) is 40.4 Å². The van der Waals surface area contributed by atoms with Crippen LogP contribution < -0.4 is 5.32 Å². The quantitative estimate of drug-likeness (QED) is 0.486. The van der Waals surface area contributed by atoms with Crippen LogP contribution in [0.25, 0.3) is 0 Å². The highest BCUT2D eigenvalue weighted by atomic mass is 32.2. The van der Waals surface area contributed by atoms with E-state index >= 15 is 0 Å². The molecule has 1 saturated carbocycles. The number of nitriles is 1. The van der Waals surface area contributed by atoms with E-state index in [0.717, 1.165) is 49.8 Å². The number of hydrogen-bond acceptors (Lipinski definition) is 5. The van der Waals surface area contributed by atoms with Crippen molar-refractivity contribution in [3.63, 3.8) is 0 Å². The molecule has 32 heavy (non-hydrogen) atoms. The van der Waals surface area contributed by atoms with E-state index in [1.54, 1.807) is 24.3 Å². The molecule has 1 aromatic rings. The van der Waals surface area contributed by atoms with E-state index in [4.69, 9.17) is 5.41 Å². The molecule has 0 bridgehead atoms. The highest BCUT2D eigenvalue weighted by Crippen LogP contribution is 2.33. The van der Waals surface area contributed by atoms with Gasteiger partial charge < -0.3 is 5.32 Å². The Kier molecular flexibility index (Phi) is 8.36. The van der Waals surface area contributed by atoms with Crippen molar-refractivity contribution in [3.8, 4) is 6.07 Å². The SMILES string of the molecule is CCCCCCC1CC(NC2CCCCC2)=C(C#N)C(=N)N1S(=O)(=O)c1ccc(C)cc1. The van der Waals surface area contributed by atoms with Gasteiger partial charge in [-0.3, -0.25) is 5.41 Å². The van der Waals surface area contributed by atoms with Gasteiger partial charge in [0.2, 0.25) is 0 Å². The summed E-state index contributed by atoms with van der Waals surface area (Å²) in [4.78, 5) is 0.174. The van der Waals surface area contributed by atoms with Gasteiger partial charge in [-0.05, 0) is 38.3 Å². The molecule has 2 aliphatic rings. The zero-order valence-electron chi connectivity index (χ0n) is 19.4. The first-order valence-electron chi connectivity index (χ1n) is 12.0. The van der Waals surface area contributed by atoms with E-state index in [1.165, 1.54) is 23.6 Å². The van der Waals surface area contributed by atoms with Crippen molar-refractivity contribution in [1.82, 2.24) is 9.62 Å². The van der Waals surface area contributed by atoms with Crippen LogP contribution in [0.5, 0.6) is 0 Å². The summed E-state index contributed by atoms with van der Waals surface area (Å²) < 4.78 is 28.4. The Morgan fingerprint density at radius 1 is 1.12 bits per heavy atom. The first-order chi connectivity index (χ1) is 15.4. The van der Waals surface area contributed by atoms with E-state index in [1.807, 2.05) is 6.92 Å². The second-order valence-electron chi connectivity index (χ2n) is 9.11. The van der Waals surface area contributed by atoms with Gasteiger partial charge in [-0.1, -0.05) is 69.6 Å². The van der Waals surface area contributed by atoms with Gasteiger partial charge in [0.1, 0.15) is 11.6 Å². The number of aryl methyl sites for hydroxylation is 1. The summed E-state index contributed by atoms with van der Waals surface area (Å²) in [5.74, 6) is -0.196. The molecule has 174 valence electrons. The standard InChI is InChI=1S/C25H36N4O2S/c1-3-4-5-9-12-21-17-24(28-20-10-7-6-8-11-20)23(18-26)25(27)29(21)32(30,31)22-15-13-19(2)14-16-22/h13-16,20-21,27-28H,3-12,17H2,1-2H3. The average Bonchev–Trinajstić information content (AvgIpc) is 2.77. The molecule has 0 amide bonds. The van der Waals surface area contributed by atoms with E-state index in [2.05, 4.69) is 18.3 Å². The molecule has 2 N–H and O–H groups in total. The molecule has 1 aliphatic heterocycles. The van der Waals surface area contributed by atoms with Crippen molar-refractivity contribution in [3.05, 3.63) is 41.1 Å². The highest BCUT2D eigenvalue weighted by Gasteiger charge is 2.40. The van der Waals surface area contributed by atoms with Gasteiger partial charge in [-0.15, -0.1) is 0 Å². The summed E-state index contributed by atoms with van der Waals surface area (Å²) >= 11 is 0. The van der Waals surface area contributed by atoms with Crippen LogP contribution in [0, 0.1) is 23.7 Å². The summed E-state index contributed by atoms with van der Waals surface area (Å²) in [6.45, 7) is 4.06. The lowest BCUT2D eigenvalue weighted by atomic mass is 9.92. The van der Waals surface area contributed by atoms with Crippen LogP contribution in [-0.4, -0.2) is 30.6 Å². The lowest BCUT2D eigenvalue weighted by Gasteiger charge is -2.39. The van der Waals surface area contributed by atoms with Crippen LogP contribution in [0.4, 0.5) is 0 Å². The van der Waals surface area contributed by atoms with Gasteiger partial charge in [-0.2, -0.15) is 5.26 Å². The van der Waals surface area contributed by atoms with Crippen LogP contribution in [0.3, 0.4) is 0 Å². The van der Waals surface area contributed by atoms with E-state index in [0.29, 0.717) is 18.9 Å². The lowest BCUT2D eigenvalue weighted by molar-refractivity contribution is 0.348. The number of nitrogens with one attached hydrogen (secondary N) is 2. The first kappa shape index (κ1) is 24.3. The average molecular weight is 457 g/mol. The molecule has 0 radical (unpaired) electrons. The van der Waals surface area contributed by atoms with Gasteiger partial charge in [0.25, 0.3) is 10.0 Å². The molecule has 1 unspecified atom stereocenters. The summed E-state index contributed by atoms with van der Waals surface area (Å²) in [6.07, 6.45) is 11.0. The summed E-state index contributed by atoms with van der Waals surface area (Å²) in [7, 11) is -3.92. The predicted octanol–water partition coefficient (Wildman–Crippen LogP) is 5.41. The van der Waals surface area contributed by atoms with Gasteiger partial charge in [-0.25, -0.2) is 12.7 Å². The number of amidine groups is 1. The highest BCUT2D eigenvalue weighted by molar-refractivity contribution is 7.89. The molecule has 0 aromatic heterocycles. The Hall–Kier alpha value is -2.33. The van der Waals surface area contributed by atoms with E-state index in [9.17, 15) is 13.7 Å². The third-order valence-electron chi connectivity index (χ3n) is 6.59. The molecule has 6 nitrogen and oxygen atoms in total. The van der Waals surface area contributed by atoms with E-state index < -0.39 is 10.0 Å². The van der Waals surface area contributed by atoms with Gasteiger partial charge in [0.05, 0.1) is 10.9 Å². The van der Waals surface area contributed by atoms with Gasteiger partial charge in [0.15, 0.2) is 5.84 Å². The van der Waals surface area contributed by atoms with Crippen molar-refractivity contribution < 1.29 is 8.42 Å². The third kappa shape index (κ3) is 5.53. The largest absolute Gasteiger partial charge is 0.384 e. The maximum absolute atomic E-state index is 13.6. The van der Waals surface area contributed by atoms with Crippen molar-refractivity contribution in [2.75, 3.05) is 0 Å². The van der Waals surface area contributed by atoms with Crippen molar-refractivity contribution >= 4 is 15.9 Å². The minimum absolute atomic E-state index is 0.163. The van der Waals surface area contributed by atoms with Crippen molar-refractivity contribution in [2.45, 2.75) is 101 Å². The third-order valence-corrected chi connectivity index (χ3v) is 8.46. The second-order valence-corrected chi connectivity index (χ2v) is 10.9. The van der Waals surface area contributed by atoms with Crippen LogP contribution >= 0.6 is 0 Å². The molecule has 1 heterocycles. The minimum Gasteiger partial charge on any atom is -0.384 e. The molecule has 3 rings (SSSR count). The number of sulfonamides is 1. The lowest BCUT2D eigenvalue weighted by Crippen LogP contribution is -2.50. The number of benzene rings is 1. The zero-order chi connectivity index (χ0) is 23.1. The topological polar surface area (TPSA) is 97.1 Å². The number of rotatable bonds is 9. The fourth-order valence-corrected chi connectivity index (χ4v) is 6.38. The Bertz CT molecular complexity index is 970. The molecule has 7 heteroatoms. The Balaban J connectivity index is 1.94. The Morgan fingerprint density at radius 2 is 1.81 bits per heavy atom. The normalized spacial score (nSPS) is 20.3. The fourth-order valence-electron chi connectivity index (χ4n) is 4.77. The fraction of sp³-hybridized carbons (Fsp3) is 0.600. The molecule has 0 spiro atoms. The monoisotopic (exact) mass is 456 g/mol. The first-order valence-corrected chi connectivity index (χ1v) is 13.4. The Labute approximate surface area is 193 Å². The van der Waals surface area contributed by atoms with Crippen molar-refractivity contribution in [1.29, 1.82) is 10.7 Å². The molecular formula is C25H36N4O2S. The summed E-state index contributed by atoms with van der Waals surface area (Å²) in [5.41, 5.74) is 1.89.